The lowest BCUT2D eigenvalue weighted by molar-refractivity contribution is -0.358. The maximum atomic E-state index is 12.6. The molecule has 2 fully saturated rings. The molecule has 0 aliphatic carbocycles. The number of allylic oxidation sites excluding steroid dienone is 6. The molecule has 0 amide bonds. The van der Waals surface area contributed by atoms with Crippen molar-refractivity contribution in [3.05, 3.63) is 84.5 Å². The molecule has 2 aliphatic rings. The molecule has 34 heavy (non-hydrogen) atoms. The molecule has 1 aromatic rings. The van der Waals surface area contributed by atoms with E-state index in [1.54, 1.807) is 36.5 Å². The van der Waals surface area contributed by atoms with E-state index in [1.165, 1.54) is 19.3 Å². The molecule has 8 nitrogen and oxygen atoms in total. The summed E-state index contributed by atoms with van der Waals surface area (Å²) >= 11 is 0. The van der Waals surface area contributed by atoms with Crippen molar-refractivity contribution in [2.24, 2.45) is 0 Å². The van der Waals surface area contributed by atoms with Crippen LogP contribution in [0, 0.1) is 0 Å². The van der Waals surface area contributed by atoms with Crippen molar-refractivity contribution < 1.29 is 38.0 Å². The number of fused-ring (bicyclic) bond motifs is 1. The highest BCUT2D eigenvalue weighted by Gasteiger charge is 2.53. The Morgan fingerprint density at radius 1 is 0.882 bits per heavy atom. The lowest BCUT2D eigenvalue weighted by Gasteiger charge is -2.47. The molecule has 0 bridgehead atoms. The minimum absolute atomic E-state index is 0.175. The van der Waals surface area contributed by atoms with Gasteiger partial charge < -0.3 is 28.4 Å². The number of carbonyl (C=O) groups excluding carboxylic acids is 2. The predicted molar refractivity (Wildman–Crippen MR) is 123 cm³/mol. The number of carbonyl (C=O) groups is 2. The van der Waals surface area contributed by atoms with Gasteiger partial charge in [0.05, 0.1) is 6.61 Å². The standard InChI is InChI=1S/C26H30O8/c1-4-6-9-15-20(27)32-23-22-19(17-30-25(34-22)18-13-11-8-12-14-18)31-26(29-3)24(23)33-21(28)16-10-7-5-2/h4-16,19,22-26H,17H2,1-3H3/t19-,22-,23+,24-,25?,26+/m1/s1. The predicted octanol–water partition coefficient (Wildman–Crippen LogP) is 3.56. The fourth-order valence-corrected chi connectivity index (χ4v) is 3.61. The van der Waals surface area contributed by atoms with Crippen LogP contribution in [0.2, 0.25) is 0 Å². The summed E-state index contributed by atoms with van der Waals surface area (Å²) in [5.74, 6) is -1.25. The zero-order valence-electron chi connectivity index (χ0n) is 19.4. The van der Waals surface area contributed by atoms with Gasteiger partial charge in [-0.05, 0) is 13.8 Å². The number of rotatable bonds is 8. The number of esters is 2. The zero-order valence-corrected chi connectivity index (χ0v) is 19.4. The van der Waals surface area contributed by atoms with Crippen molar-refractivity contribution in [3.63, 3.8) is 0 Å². The molecule has 0 aromatic heterocycles. The second kappa shape index (κ2) is 13.0. The number of ether oxygens (including phenoxy) is 6. The molecule has 0 radical (unpaired) electrons. The summed E-state index contributed by atoms with van der Waals surface area (Å²) in [5, 5.41) is 0. The molecule has 0 saturated carbocycles. The van der Waals surface area contributed by atoms with E-state index < -0.39 is 48.9 Å². The largest absolute Gasteiger partial charge is 0.452 e. The van der Waals surface area contributed by atoms with Crippen LogP contribution >= 0.6 is 0 Å². The van der Waals surface area contributed by atoms with E-state index in [4.69, 9.17) is 28.4 Å². The maximum Gasteiger partial charge on any atom is 0.331 e. The number of hydrogen-bond donors (Lipinski definition) is 0. The second-order valence-electron chi connectivity index (χ2n) is 7.53. The van der Waals surface area contributed by atoms with E-state index >= 15 is 0 Å². The average molecular weight is 471 g/mol. The Kier molecular flexibility index (Phi) is 9.78. The molecular formula is C26H30O8. The minimum atomic E-state index is -1.07. The van der Waals surface area contributed by atoms with Crippen LogP contribution in [0.4, 0.5) is 0 Å². The molecule has 2 saturated heterocycles. The fraction of sp³-hybridized carbons (Fsp3) is 0.385. The Morgan fingerprint density at radius 2 is 1.50 bits per heavy atom. The molecular weight excluding hydrogens is 440 g/mol. The van der Waals surface area contributed by atoms with E-state index in [1.807, 2.05) is 44.2 Å². The summed E-state index contributed by atoms with van der Waals surface area (Å²) < 4.78 is 34.8. The van der Waals surface area contributed by atoms with Gasteiger partial charge in [0, 0.05) is 24.8 Å². The van der Waals surface area contributed by atoms with Crippen molar-refractivity contribution >= 4 is 11.9 Å². The first-order chi connectivity index (χ1) is 16.6. The van der Waals surface area contributed by atoms with E-state index in [0.717, 1.165) is 5.56 Å². The zero-order chi connectivity index (χ0) is 24.3. The Labute approximate surface area is 199 Å². The molecule has 6 atom stereocenters. The van der Waals surface area contributed by atoms with Gasteiger partial charge in [-0.15, -0.1) is 0 Å². The summed E-state index contributed by atoms with van der Waals surface area (Å²) in [4.78, 5) is 25.0. The van der Waals surface area contributed by atoms with Crippen molar-refractivity contribution in [1.82, 2.24) is 0 Å². The van der Waals surface area contributed by atoms with Gasteiger partial charge in [0.2, 0.25) is 0 Å². The Morgan fingerprint density at radius 3 is 2.09 bits per heavy atom. The van der Waals surface area contributed by atoms with E-state index in [-0.39, 0.29) is 6.61 Å². The lowest BCUT2D eigenvalue weighted by Crippen LogP contribution is -2.64. The van der Waals surface area contributed by atoms with Crippen molar-refractivity contribution in [1.29, 1.82) is 0 Å². The monoisotopic (exact) mass is 470 g/mol. The third kappa shape index (κ3) is 6.74. The normalized spacial score (nSPS) is 29.6. The Bertz CT molecular complexity index is 920. The van der Waals surface area contributed by atoms with Crippen LogP contribution in [0.1, 0.15) is 25.7 Å². The first-order valence-electron chi connectivity index (χ1n) is 11.1. The molecule has 8 heteroatoms. The molecule has 1 unspecified atom stereocenters. The van der Waals surface area contributed by atoms with Crippen LogP contribution in [0.25, 0.3) is 0 Å². The van der Waals surface area contributed by atoms with Gasteiger partial charge in [-0.3, -0.25) is 0 Å². The van der Waals surface area contributed by atoms with Gasteiger partial charge in [0.1, 0.15) is 12.2 Å². The first kappa shape index (κ1) is 25.6. The molecule has 2 heterocycles. The Hall–Kier alpha value is -3.04. The smallest absolute Gasteiger partial charge is 0.331 e. The molecule has 2 aliphatic heterocycles. The van der Waals surface area contributed by atoms with Gasteiger partial charge in [-0.25, -0.2) is 9.59 Å². The van der Waals surface area contributed by atoms with Crippen LogP contribution in [-0.2, 0) is 38.0 Å². The molecule has 3 rings (SSSR count). The highest BCUT2D eigenvalue weighted by atomic mass is 16.8. The summed E-state index contributed by atoms with van der Waals surface area (Å²) in [6, 6.07) is 9.38. The third-order valence-corrected chi connectivity index (χ3v) is 5.16. The highest BCUT2D eigenvalue weighted by Crippen LogP contribution is 2.36. The minimum Gasteiger partial charge on any atom is -0.452 e. The van der Waals surface area contributed by atoms with E-state index in [9.17, 15) is 9.59 Å². The van der Waals surface area contributed by atoms with Crippen molar-refractivity contribution in [3.8, 4) is 0 Å². The van der Waals surface area contributed by atoms with Crippen LogP contribution in [0.3, 0.4) is 0 Å². The number of benzene rings is 1. The Balaban J connectivity index is 1.87. The van der Waals surface area contributed by atoms with Crippen LogP contribution in [0.5, 0.6) is 0 Å². The van der Waals surface area contributed by atoms with Crippen molar-refractivity contribution in [2.75, 3.05) is 13.7 Å². The quantitative estimate of drug-likeness (QED) is 0.324. The summed E-state index contributed by atoms with van der Waals surface area (Å²) in [6.07, 6.45) is 7.49. The summed E-state index contributed by atoms with van der Waals surface area (Å²) in [6.45, 7) is 3.83. The number of methoxy groups -OCH3 is 1. The molecule has 0 spiro atoms. The second-order valence-corrected chi connectivity index (χ2v) is 7.53. The first-order valence-corrected chi connectivity index (χ1v) is 11.1. The third-order valence-electron chi connectivity index (χ3n) is 5.16. The van der Waals surface area contributed by atoms with Gasteiger partial charge >= 0.3 is 11.9 Å². The molecule has 182 valence electrons. The van der Waals surface area contributed by atoms with Gasteiger partial charge in [-0.1, -0.05) is 66.8 Å². The highest BCUT2D eigenvalue weighted by molar-refractivity contribution is 5.83. The topological polar surface area (TPSA) is 89.5 Å². The van der Waals surface area contributed by atoms with Gasteiger partial charge in [-0.2, -0.15) is 0 Å². The fourth-order valence-electron chi connectivity index (χ4n) is 3.61. The van der Waals surface area contributed by atoms with Crippen LogP contribution in [-0.4, -0.2) is 56.4 Å². The van der Waals surface area contributed by atoms with E-state index in [0.29, 0.717) is 0 Å². The van der Waals surface area contributed by atoms with Gasteiger partial charge in [0.15, 0.2) is 24.8 Å². The molecule has 0 N–H and O–H groups in total. The van der Waals surface area contributed by atoms with Gasteiger partial charge in [0.25, 0.3) is 0 Å². The maximum absolute atomic E-state index is 12.6. The van der Waals surface area contributed by atoms with Crippen molar-refractivity contribution in [2.45, 2.75) is 50.8 Å². The molecule has 1 aromatic carbocycles. The SMILES string of the molecule is CC=CC=CC(=O)O[C@@H]1[C@@H](OC(=O)C=CC=CC)[C@@H](OC)O[C@@H]2COC(c3ccccc3)O[C@@H]12. The average Bonchev–Trinajstić information content (AvgIpc) is 2.85. The van der Waals surface area contributed by atoms with Crippen LogP contribution in [0.15, 0.2) is 78.9 Å². The van der Waals surface area contributed by atoms with E-state index in [2.05, 4.69) is 0 Å². The lowest BCUT2D eigenvalue weighted by atomic mass is 9.97. The van der Waals surface area contributed by atoms with Crippen LogP contribution < -0.4 is 0 Å². The summed E-state index contributed by atoms with van der Waals surface area (Å²) in [5.41, 5.74) is 0.802. The summed E-state index contributed by atoms with van der Waals surface area (Å²) in [7, 11) is 1.42. The number of hydrogen-bond acceptors (Lipinski definition) is 8.